The van der Waals surface area contributed by atoms with Crippen LogP contribution in [0.15, 0.2) is 24.3 Å². The van der Waals surface area contributed by atoms with Gasteiger partial charge in [-0.05, 0) is 30.0 Å². The molecule has 0 unspecified atom stereocenters. The summed E-state index contributed by atoms with van der Waals surface area (Å²) in [4.78, 5) is 12.7. The van der Waals surface area contributed by atoms with Crippen LogP contribution in [0.1, 0.15) is 48.5 Å². The number of rotatable bonds is 7. The maximum absolute atomic E-state index is 12.9. The molecule has 0 radical (unpaired) electrons. The van der Waals surface area contributed by atoms with Crippen LogP contribution in [-0.2, 0) is 19.3 Å². The number of halogens is 3. The molecule has 2 N–H and O–H groups in total. The number of hydrogen-bond acceptors (Lipinski definition) is 6. The zero-order chi connectivity index (χ0) is 22.0. The van der Waals surface area contributed by atoms with Crippen molar-refractivity contribution < 1.29 is 18.3 Å². The minimum atomic E-state index is -4.41. The van der Waals surface area contributed by atoms with Crippen molar-refractivity contribution in [3.8, 4) is 6.07 Å². The number of nitrogens with zero attached hydrogens (tertiary/aromatic N) is 5. The highest BCUT2D eigenvalue weighted by Gasteiger charge is 2.30. The van der Waals surface area contributed by atoms with Crippen LogP contribution in [-0.4, -0.2) is 31.2 Å². The van der Waals surface area contributed by atoms with E-state index in [1.807, 2.05) is 6.07 Å². The Morgan fingerprint density at radius 2 is 1.90 bits per heavy atom. The highest BCUT2D eigenvalue weighted by atomic mass is 19.4. The van der Waals surface area contributed by atoms with Crippen LogP contribution in [0.3, 0.4) is 0 Å². The van der Waals surface area contributed by atoms with Crippen LogP contribution >= 0.6 is 0 Å². The number of hydrogen-bond donors (Lipinski definition) is 2. The Morgan fingerprint density at radius 1 is 1.16 bits per heavy atom. The van der Waals surface area contributed by atoms with E-state index in [-0.39, 0.29) is 24.6 Å². The highest BCUT2D eigenvalue weighted by molar-refractivity contribution is 5.84. The van der Waals surface area contributed by atoms with Gasteiger partial charge in [0.25, 0.3) is 0 Å². The predicted molar refractivity (Wildman–Crippen MR) is 107 cm³/mol. The van der Waals surface area contributed by atoms with E-state index in [2.05, 4.69) is 20.3 Å². The zero-order valence-corrected chi connectivity index (χ0v) is 16.7. The predicted octanol–water partition coefficient (Wildman–Crippen LogP) is 3.86. The number of nitriles is 1. The molecule has 10 heteroatoms. The normalized spacial score (nSPS) is 14.4. The number of nitrogens with one attached hydrogen (secondary N) is 1. The summed E-state index contributed by atoms with van der Waals surface area (Å²) in [7, 11) is 0. The summed E-state index contributed by atoms with van der Waals surface area (Å²) in [5.74, 6) is 1.37. The summed E-state index contributed by atoms with van der Waals surface area (Å²) in [5.41, 5.74) is 0.645. The summed E-state index contributed by atoms with van der Waals surface area (Å²) >= 11 is 0. The molecule has 0 saturated heterocycles. The molecule has 1 fully saturated rings. The van der Waals surface area contributed by atoms with Crippen molar-refractivity contribution in [1.82, 2.24) is 19.5 Å². The Hall–Kier alpha value is -3.19. The summed E-state index contributed by atoms with van der Waals surface area (Å²) < 4.78 is 40.2. The van der Waals surface area contributed by atoms with Crippen LogP contribution in [0.25, 0.3) is 11.2 Å². The van der Waals surface area contributed by atoms with E-state index in [1.165, 1.54) is 31.4 Å². The van der Waals surface area contributed by atoms with E-state index in [9.17, 15) is 23.5 Å². The fraction of sp³-hybridized carbons (Fsp3) is 0.429. The van der Waals surface area contributed by atoms with Crippen molar-refractivity contribution in [2.45, 2.75) is 45.0 Å². The van der Waals surface area contributed by atoms with Crippen LogP contribution in [0.2, 0.25) is 0 Å². The van der Waals surface area contributed by atoms with Gasteiger partial charge in [-0.25, -0.2) is 4.98 Å². The van der Waals surface area contributed by atoms with Gasteiger partial charge in [0.15, 0.2) is 11.5 Å². The molecule has 0 atom stereocenters. The Kier molecular flexibility index (Phi) is 5.78. The second-order valence-electron chi connectivity index (χ2n) is 7.66. The first kappa shape index (κ1) is 21.1. The maximum atomic E-state index is 12.9. The van der Waals surface area contributed by atoms with Gasteiger partial charge in [-0.1, -0.05) is 31.4 Å². The number of anilines is 1. The van der Waals surface area contributed by atoms with E-state index in [1.54, 1.807) is 4.57 Å². The van der Waals surface area contributed by atoms with Crippen molar-refractivity contribution >= 4 is 17.0 Å². The Balaban J connectivity index is 1.68. The molecule has 0 aliphatic heterocycles. The second kappa shape index (κ2) is 8.51. The van der Waals surface area contributed by atoms with Crippen LogP contribution in [0, 0.1) is 17.2 Å². The van der Waals surface area contributed by atoms with Gasteiger partial charge >= 0.3 is 6.18 Å². The Morgan fingerprint density at radius 3 is 2.48 bits per heavy atom. The molecular formula is C21H21F3N6O. The molecule has 2 aromatic heterocycles. The fourth-order valence-corrected chi connectivity index (χ4v) is 3.70. The number of aromatic nitrogens is 4. The number of aliphatic hydroxyl groups is 1. The van der Waals surface area contributed by atoms with Crippen molar-refractivity contribution in [3.05, 3.63) is 47.0 Å². The van der Waals surface area contributed by atoms with E-state index in [0.29, 0.717) is 35.2 Å². The minimum Gasteiger partial charge on any atom is -0.388 e. The quantitative estimate of drug-likeness (QED) is 0.591. The monoisotopic (exact) mass is 430 g/mol. The van der Waals surface area contributed by atoms with Crippen molar-refractivity contribution in [2.24, 2.45) is 5.92 Å². The van der Waals surface area contributed by atoms with Crippen molar-refractivity contribution in [3.63, 3.8) is 0 Å². The first-order valence-electron chi connectivity index (χ1n) is 10.1. The van der Waals surface area contributed by atoms with Gasteiger partial charge in [0, 0.05) is 13.1 Å². The summed E-state index contributed by atoms with van der Waals surface area (Å²) in [5, 5.41) is 22.3. The lowest BCUT2D eigenvalue weighted by molar-refractivity contribution is -0.137. The average Bonchev–Trinajstić information content (AvgIpc) is 3.06. The number of aliphatic hydroxyl groups excluding tert-OH is 1. The molecular weight excluding hydrogens is 409 g/mol. The summed E-state index contributed by atoms with van der Waals surface area (Å²) in [6.45, 7) is 0.457. The second-order valence-corrected chi connectivity index (χ2v) is 7.66. The molecule has 7 nitrogen and oxygen atoms in total. The number of benzene rings is 1. The molecule has 1 aromatic carbocycles. The minimum absolute atomic E-state index is 0.0395. The molecule has 1 aliphatic rings. The van der Waals surface area contributed by atoms with Gasteiger partial charge < -0.3 is 15.0 Å². The Bertz CT molecular complexity index is 1110. The lowest BCUT2D eigenvalue weighted by Gasteiger charge is -2.25. The molecule has 0 bridgehead atoms. The molecule has 1 aliphatic carbocycles. The summed E-state index contributed by atoms with van der Waals surface area (Å²) in [6, 6.07) is 6.75. The van der Waals surface area contributed by atoms with Gasteiger partial charge in [0.2, 0.25) is 5.82 Å². The zero-order valence-electron chi connectivity index (χ0n) is 16.7. The average molecular weight is 430 g/mol. The molecule has 3 aromatic rings. The molecule has 0 spiro atoms. The number of alkyl halides is 3. The largest absolute Gasteiger partial charge is 0.416 e. The van der Waals surface area contributed by atoms with E-state index < -0.39 is 11.7 Å². The maximum Gasteiger partial charge on any atom is 0.416 e. The highest BCUT2D eigenvalue weighted by Crippen LogP contribution is 2.31. The van der Waals surface area contributed by atoms with Gasteiger partial charge in [0.05, 0.1) is 5.56 Å². The molecule has 4 rings (SSSR count). The van der Waals surface area contributed by atoms with Crippen molar-refractivity contribution in [2.75, 3.05) is 11.9 Å². The lowest BCUT2D eigenvalue weighted by atomic mass is 9.83. The van der Waals surface area contributed by atoms with Crippen LogP contribution in [0.4, 0.5) is 19.0 Å². The number of imidazole rings is 1. The first-order valence-corrected chi connectivity index (χ1v) is 10.1. The third-order valence-corrected chi connectivity index (χ3v) is 5.62. The van der Waals surface area contributed by atoms with E-state index >= 15 is 0 Å². The molecule has 2 heterocycles. The smallest absolute Gasteiger partial charge is 0.388 e. The fourth-order valence-electron chi connectivity index (χ4n) is 3.70. The SMILES string of the molecule is N#Cc1nc(NCCC2CCC2)c2c(n1)nc(CO)n2Cc1ccc(C(F)(F)F)cc1. The van der Waals surface area contributed by atoms with Gasteiger partial charge in [-0.15, -0.1) is 0 Å². The van der Waals surface area contributed by atoms with Gasteiger partial charge in [0.1, 0.15) is 24.0 Å². The van der Waals surface area contributed by atoms with Crippen LogP contribution < -0.4 is 5.32 Å². The summed E-state index contributed by atoms with van der Waals surface area (Å²) in [6.07, 6.45) is 0.249. The lowest BCUT2D eigenvalue weighted by Crippen LogP contribution is -2.17. The van der Waals surface area contributed by atoms with Crippen molar-refractivity contribution in [1.29, 1.82) is 5.26 Å². The third kappa shape index (κ3) is 4.46. The molecule has 31 heavy (non-hydrogen) atoms. The van der Waals surface area contributed by atoms with Gasteiger partial charge in [-0.2, -0.15) is 28.4 Å². The molecule has 1 saturated carbocycles. The topological polar surface area (TPSA) is 99.7 Å². The molecule has 162 valence electrons. The number of fused-ring (bicyclic) bond motifs is 1. The first-order chi connectivity index (χ1) is 14.9. The standard InChI is InChI=1S/C21H21F3N6O/c22-21(23,24)15-6-4-14(5-7-15)11-30-17(12-31)29-20-18(30)19(27-16(10-25)28-20)26-9-8-13-2-1-3-13/h4-7,13,31H,1-3,8-9,11-12H2,(H,26,27,28). The van der Waals surface area contributed by atoms with Crippen LogP contribution in [0.5, 0.6) is 0 Å². The van der Waals surface area contributed by atoms with E-state index in [0.717, 1.165) is 18.6 Å². The third-order valence-electron chi connectivity index (χ3n) is 5.62. The van der Waals surface area contributed by atoms with Gasteiger partial charge in [-0.3, -0.25) is 0 Å². The van der Waals surface area contributed by atoms with E-state index in [4.69, 9.17) is 0 Å². The molecule has 0 amide bonds. The Labute approximate surface area is 176 Å².